The van der Waals surface area contributed by atoms with Crippen molar-refractivity contribution in [1.82, 2.24) is 4.57 Å². The van der Waals surface area contributed by atoms with E-state index in [1.165, 1.54) is 66.0 Å². The van der Waals surface area contributed by atoms with Gasteiger partial charge in [0.25, 0.3) is 0 Å². The van der Waals surface area contributed by atoms with Gasteiger partial charge in [-0.2, -0.15) is 0 Å². The Balaban J connectivity index is 1.15. The summed E-state index contributed by atoms with van der Waals surface area (Å²) in [4.78, 5) is 2.43. The summed E-state index contributed by atoms with van der Waals surface area (Å²) in [6, 6.07) is 88.0. The molecule has 0 spiro atoms. The van der Waals surface area contributed by atoms with Crippen LogP contribution in [-0.2, 0) is 0 Å². The minimum absolute atomic E-state index is 1.08. The third-order valence-electron chi connectivity index (χ3n) is 11.8. The molecule has 11 rings (SSSR count). The predicted molar refractivity (Wildman–Crippen MR) is 255 cm³/mol. The molecule has 0 aliphatic rings. The normalized spacial score (nSPS) is 11.3. The first-order chi connectivity index (χ1) is 29.8. The number of hydrogen-bond acceptors (Lipinski definition) is 1. The number of anilines is 3. The fourth-order valence-corrected chi connectivity index (χ4v) is 8.95. The lowest BCUT2D eigenvalue weighted by Crippen LogP contribution is -2.10. The van der Waals surface area contributed by atoms with Crippen LogP contribution in [0.1, 0.15) is 0 Å². The van der Waals surface area contributed by atoms with E-state index in [2.05, 4.69) is 252 Å². The van der Waals surface area contributed by atoms with Crippen LogP contribution in [0.4, 0.5) is 17.1 Å². The lowest BCUT2D eigenvalue weighted by atomic mass is 9.92. The number of nitrogens with zero attached hydrogens (tertiary/aromatic N) is 2. The van der Waals surface area contributed by atoms with Gasteiger partial charge >= 0.3 is 0 Å². The zero-order valence-corrected chi connectivity index (χ0v) is 33.0. The lowest BCUT2D eigenvalue weighted by molar-refractivity contribution is 1.18. The van der Waals surface area contributed by atoms with Gasteiger partial charge in [0.05, 0.1) is 11.0 Å². The van der Waals surface area contributed by atoms with E-state index in [0.717, 1.165) is 33.8 Å². The minimum atomic E-state index is 1.08. The zero-order valence-electron chi connectivity index (χ0n) is 33.0. The molecule has 282 valence electrons. The molecule has 0 saturated heterocycles. The molecule has 2 heteroatoms. The summed E-state index contributed by atoms with van der Waals surface area (Å²) in [6.07, 6.45) is 0. The van der Waals surface area contributed by atoms with Crippen molar-refractivity contribution in [3.8, 4) is 50.2 Å². The molecule has 0 unspecified atom stereocenters. The van der Waals surface area contributed by atoms with Crippen molar-refractivity contribution >= 4 is 49.6 Å². The summed E-state index contributed by atoms with van der Waals surface area (Å²) in [7, 11) is 0. The van der Waals surface area contributed by atoms with E-state index >= 15 is 0 Å². The Kier molecular flexibility index (Phi) is 8.87. The molecule has 0 N–H and O–H groups in total. The fourth-order valence-electron chi connectivity index (χ4n) is 8.95. The quantitative estimate of drug-likeness (QED) is 0.150. The Morgan fingerprint density at radius 2 is 0.800 bits per heavy atom. The number of benzene rings is 10. The van der Waals surface area contributed by atoms with Crippen LogP contribution in [0.15, 0.2) is 243 Å². The van der Waals surface area contributed by atoms with Gasteiger partial charge in [-0.15, -0.1) is 0 Å². The van der Waals surface area contributed by atoms with Crippen molar-refractivity contribution in [1.29, 1.82) is 0 Å². The largest absolute Gasteiger partial charge is 0.310 e. The van der Waals surface area contributed by atoms with Gasteiger partial charge in [0, 0.05) is 33.5 Å². The smallest absolute Gasteiger partial charge is 0.0561 e. The average Bonchev–Trinajstić information content (AvgIpc) is 3.66. The van der Waals surface area contributed by atoms with Crippen molar-refractivity contribution in [3.63, 3.8) is 0 Å². The Hall–Kier alpha value is -7.94. The highest BCUT2D eigenvalue weighted by Crippen LogP contribution is 2.44. The maximum atomic E-state index is 2.43. The molecule has 0 bridgehead atoms. The highest BCUT2D eigenvalue weighted by molar-refractivity contribution is 6.10. The molecule has 1 heterocycles. The van der Waals surface area contributed by atoms with E-state index in [4.69, 9.17) is 0 Å². The van der Waals surface area contributed by atoms with Gasteiger partial charge in [0.15, 0.2) is 0 Å². The molecule has 1 aromatic heterocycles. The van der Waals surface area contributed by atoms with Crippen molar-refractivity contribution < 1.29 is 0 Å². The van der Waals surface area contributed by atoms with Crippen LogP contribution < -0.4 is 4.90 Å². The van der Waals surface area contributed by atoms with E-state index in [1.54, 1.807) is 0 Å². The maximum absolute atomic E-state index is 2.43. The molecular weight excluding hydrogens is 725 g/mol. The summed E-state index contributed by atoms with van der Waals surface area (Å²) in [5, 5.41) is 4.93. The van der Waals surface area contributed by atoms with Gasteiger partial charge < -0.3 is 9.47 Å². The second-order valence-corrected chi connectivity index (χ2v) is 15.3. The third-order valence-corrected chi connectivity index (χ3v) is 11.8. The van der Waals surface area contributed by atoms with Crippen molar-refractivity contribution in [2.75, 3.05) is 4.90 Å². The first-order valence-corrected chi connectivity index (χ1v) is 20.6. The van der Waals surface area contributed by atoms with Crippen molar-refractivity contribution in [3.05, 3.63) is 243 Å². The molecule has 0 aliphatic heterocycles. The second-order valence-electron chi connectivity index (χ2n) is 15.3. The second kappa shape index (κ2) is 15.1. The number of aromatic nitrogens is 1. The van der Waals surface area contributed by atoms with Gasteiger partial charge in [-0.3, -0.25) is 0 Å². The maximum Gasteiger partial charge on any atom is 0.0561 e. The number of para-hydroxylation sites is 2. The molecule has 10 aromatic carbocycles. The predicted octanol–water partition coefficient (Wildman–Crippen LogP) is 16.1. The molecule has 11 aromatic rings. The molecule has 0 saturated carbocycles. The first-order valence-electron chi connectivity index (χ1n) is 20.6. The topological polar surface area (TPSA) is 8.17 Å². The van der Waals surface area contributed by atoms with Crippen LogP contribution in [-0.4, -0.2) is 4.57 Å². The molecule has 0 aliphatic carbocycles. The van der Waals surface area contributed by atoms with Crippen LogP contribution >= 0.6 is 0 Å². The summed E-state index contributed by atoms with van der Waals surface area (Å²) >= 11 is 0. The Bertz CT molecular complexity index is 3310. The molecular formula is C58H40N2. The molecule has 2 nitrogen and oxygen atoms in total. The van der Waals surface area contributed by atoms with E-state index < -0.39 is 0 Å². The minimum Gasteiger partial charge on any atom is -0.310 e. The molecule has 0 fully saturated rings. The van der Waals surface area contributed by atoms with E-state index in [-0.39, 0.29) is 0 Å². The van der Waals surface area contributed by atoms with Crippen LogP contribution in [0.5, 0.6) is 0 Å². The first kappa shape index (κ1) is 35.2. The van der Waals surface area contributed by atoms with Gasteiger partial charge in [-0.25, -0.2) is 0 Å². The zero-order chi connectivity index (χ0) is 39.8. The van der Waals surface area contributed by atoms with Gasteiger partial charge in [0.1, 0.15) is 0 Å². The van der Waals surface area contributed by atoms with E-state index in [0.29, 0.717) is 0 Å². The lowest BCUT2D eigenvalue weighted by Gasteiger charge is -2.28. The van der Waals surface area contributed by atoms with Crippen LogP contribution in [0.25, 0.3) is 82.8 Å². The van der Waals surface area contributed by atoms with Crippen LogP contribution in [0.2, 0.25) is 0 Å². The summed E-state index contributed by atoms with van der Waals surface area (Å²) in [6.45, 7) is 0. The van der Waals surface area contributed by atoms with Crippen molar-refractivity contribution in [2.45, 2.75) is 0 Å². The monoisotopic (exact) mass is 764 g/mol. The SMILES string of the molecule is c1ccc(-c2ccccc2-c2cccc(N(c3ccc(-c4ccc5ccccc5c4)c(-c4ccccc4)c3)c3ccc4c5ccccc5n(-c5ccccc5)c4c3)c2)cc1. The van der Waals surface area contributed by atoms with Crippen LogP contribution in [0.3, 0.4) is 0 Å². The van der Waals surface area contributed by atoms with Gasteiger partial charge in [-0.05, 0) is 116 Å². The van der Waals surface area contributed by atoms with Crippen molar-refractivity contribution in [2.24, 2.45) is 0 Å². The number of hydrogen-bond donors (Lipinski definition) is 0. The van der Waals surface area contributed by atoms with Crippen LogP contribution in [0, 0.1) is 0 Å². The highest BCUT2D eigenvalue weighted by atomic mass is 15.1. The average molecular weight is 765 g/mol. The molecule has 60 heavy (non-hydrogen) atoms. The highest BCUT2D eigenvalue weighted by Gasteiger charge is 2.20. The Morgan fingerprint density at radius 3 is 1.58 bits per heavy atom. The fraction of sp³-hybridized carbons (Fsp3) is 0. The Morgan fingerprint density at radius 1 is 0.267 bits per heavy atom. The molecule has 0 amide bonds. The van der Waals surface area contributed by atoms with Gasteiger partial charge in [0.2, 0.25) is 0 Å². The summed E-state index contributed by atoms with van der Waals surface area (Å²) in [5.41, 5.74) is 16.2. The number of fused-ring (bicyclic) bond motifs is 4. The molecule has 0 atom stereocenters. The molecule has 0 radical (unpaired) electrons. The Labute approximate surface area is 350 Å². The van der Waals surface area contributed by atoms with Gasteiger partial charge in [-0.1, -0.05) is 182 Å². The third kappa shape index (κ3) is 6.32. The summed E-state index contributed by atoms with van der Waals surface area (Å²) in [5.74, 6) is 0. The summed E-state index contributed by atoms with van der Waals surface area (Å²) < 4.78 is 2.40. The van der Waals surface area contributed by atoms with E-state index in [1.807, 2.05) is 0 Å². The van der Waals surface area contributed by atoms with E-state index in [9.17, 15) is 0 Å². The number of rotatable bonds is 8. The standard InChI is InChI=1S/C58H40N2/c1-4-18-42(19-5-1)51-27-12-13-28-52(51)45-23-16-26-48(38-45)59(50-34-36-55-54-29-14-15-30-57(54)60(58(55)40-50)47-24-8-3-9-25-47)49-33-35-53(56(39-49)43-20-6-2-7-21-43)46-32-31-41-17-10-11-22-44(41)37-46/h1-40H.